The number of phenolic OH excluding ortho intramolecular Hbond substituents is 2. The zero-order chi connectivity index (χ0) is 14.9. The Balaban J connectivity index is 2.43. The van der Waals surface area contributed by atoms with Gasteiger partial charge in [-0.3, -0.25) is 4.79 Å². The van der Waals surface area contributed by atoms with Crippen molar-refractivity contribution in [3.05, 3.63) is 58.7 Å². The minimum Gasteiger partial charge on any atom is -0.508 e. The molecule has 2 rings (SSSR count). The summed E-state index contributed by atoms with van der Waals surface area (Å²) in [4.78, 5) is 12.4. The third kappa shape index (κ3) is 2.67. The molecular weight excluding hydrogens is 252 g/mol. The first-order valence-electron chi connectivity index (χ1n) is 6.57. The highest BCUT2D eigenvalue weighted by atomic mass is 16.3. The average molecular weight is 270 g/mol. The Bertz CT molecular complexity index is 657. The fourth-order valence-corrected chi connectivity index (χ4v) is 2.12. The van der Waals surface area contributed by atoms with Crippen molar-refractivity contribution < 1.29 is 15.0 Å². The Kier molecular flexibility index (Phi) is 3.79. The fraction of sp³-hybridized carbons (Fsp3) is 0.235. The standard InChI is InChI=1S/C17H18O3/c1-10(2)14-9-13(5-7-16(14)19)17(20)12-4-6-15(18)11(3)8-12/h4-10,18-19H,1-3H3. The topological polar surface area (TPSA) is 57.5 Å². The molecular formula is C17H18O3. The summed E-state index contributed by atoms with van der Waals surface area (Å²) in [5.74, 6) is 0.410. The van der Waals surface area contributed by atoms with Gasteiger partial charge >= 0.3 is 0 Å². The molecule has 0 atom stereocenters. The van der Waals surface area contributed by atoms with E-state index in [-0.39, 0.29) is 23.2 Å². The van der Waals surface area contributed by atoms with Crippen molar-refractivity contribution in [3.8, 4) is 11.5 Å². The van der Waals surface area contributed by atoms with Gasteiger partial charge < -0.3 is 10.2 Å². The maximum Gasteiger partial charge on any atom is 0.193 e. The lowest BCUT2D eigenvalue weighted by atomic mass is 9.95. The van der Waals surface area contributed by atoms with Gasteiger partial charge in [-0.25, -0.2) is 0 Å². The maximum absolute atomic E-state index is 12.4. The molecule has 2 N–H and O–H groups in total. The third-order valence-corrected chi connectivity index (χ3v) is 3.37. The molecule has 0 heterocycles. The van der Waals surface area contributed by atoms with Crippen LogP contribution in [0, 0.1) is 6.92 Å². The second-order valence-electron chi connectivity index (χ2n) is 5.26. The summed E-state index contributed by atoms with van der Waals surface area (Å²) >= 11 is 0. The average Bonchev–Trinajstić information content (AvgIpc) is 2.41. The van der Waals surface area contributed by atoms with Crippen LogP contribution >= 0.6 is 0 Å². The number of hydrogen-bond acceptors (Lipinski definition) is 3. The predicted molar refractivity (Wildman–Crippen MR) is 78.5 cm³/mol. The van der Waals surface area contributed by atoms with E-state index in [1.807, 2.05) is 13.8 Å². The molecule has 104 valence electrons. The number of hydrogen-bond donors (Lipinski definition) is 2. The molecule has 0 aliphatic carbocycles. The summed E-state index contributed by atoms with van der Waals surface area (Å²) in [6.07, 6.45) is 0. The molecule has 2 aromatic carbocycles. The van der Waals surface area contributed by atoms with Crippen LogP contribution in [0.4, 0.5) is 0 Å². The van der Waals surface area contributed by atoms with Gasteiger partial charge in [0.25, 0.3) is 0 Å². The lowest BCUT2D eigenvalue weighted by Crippen LogP contribution is -2.03. The fourth-order valence-electron chi connectivity index (χ4n) is 2.12. The molecule has 0 radical (unpaired) electrons. The molecule has 0 fully saturated rings. The van der Waals surface area contributed by atoms with Crippen molar-refractivity contribution in [3.63, 3.8) is 0 Å². The number of aryl methyl sites for hydroxylation is 1. The molecule has 0 saturated carbocycles. The molecule has 0 aliphatic rings. The first-order valence-corrected chi connectivity index (χ1v) is 6.57. The van der Waals surface area contributed by atoms with Gasteiger partial charge in [0, 0.05) is 11.1 Å². The molecule has 20 heavy (non-hydrogen) atoms. The number of carbonyl (C=O) groups is 1. The van der Waals surface area contributed by atoms with Crippen LogP contribution in [0.25, 0.3) is 0 Å². The first-order chi connectivity index (χ1) is 9.40. The lowest BCUT2D eigenvalue weighted by molar-refractivity contribution is 0.103. The Morgan fingerprint density at radius 3 is 2.05 bits per heavy atom. The largest absolute Gasteiger partial charge is 0.508 e. The summed E-state index contributed by atoms with van der Waals surface area (Å²) in [6.45, 7) is 5.69. The Hall–Kier alpha value is -2.29. The number of phenols is 2. The van der Waals surface area contributed by atoms with E-state index in [4.69, 9.17) is 0 Å². The van der Waals surface area contributed by atoms with Crippen LogP contribution in [0.3, 0.4) is 0 Å². The van der Waals surface area contributed by atoms with E-state index in [1.165, 1.54) is 6.07 Å². The van der Waals surface area contributed by atoms with Crippen molar-refractivity contribution in [1.29, 1.82) is 0 Å². The van der Waals surface area contributed by atoms with Crippen molar-refractivity contribution in [2.45, 2.75) is 26.7 Å². The van der Waals surface area contributed by atoms with Crippen molar-refractivity contribution >= 4 is 5.78 Å². The molecule has 0 amide bonds. The van der Waals surface area contributed by atoms with Gasteiger partial charge in [-0.2, -0.15) is 0 Å². The van der Waals surface area contributed by atoms with Gasteiger partial charge in [-0.1, -0.05) is 13.8 Å². The highest BCUT2D eigenvalue weighted by molar-refractivity contribution is 6.09. The van der Waals surface area contributed by atoms with Gasteiger partial charge in [-0.05, 0) is 60.4 Å². The first kappa shape index (κ1) is 14.1. The number of rotatable bonds is 3. The second-order valence-corrected chi connectivity index (χ2v) is 5.26. The van der Waals surface area contributed by atoms with Gasteiger partial charge in [-0.15, -0.1) is 0 Å². The van der Waals surface area contributed by atoms with E-state index in [1.54, 1.807) is 37.3 Å². The predicted octanol–water partition coefficient (Wildman–Crippen LogP) is 3.76. The van der Waals surface area contributed by atoms with E-state index in [2.05, 4.69) is 0 Å². The van der Waals surface area contributed by atoms with Crippen molar-refractivity contribution in [1.82, 2.24) is 0 Å². The van der Waals surface area contributed by atoms with Crippen LogP contribution in [0.15, 0.2) is 36.4 Å². The van der Waals surface area contributed by atoms with E-state index >= 15 is 0 Å². The zero-order valence-electron chi connectivity index (χ0n) is 11.8. The van der Waals surface area contributed by atoms with Crippen LogP contribution in [0.2, 0.25) is 0 Å². The number of ketones is 1. The van der Waals surface area contributed by atoms with Crippen LogP contribution in [-0.2, 0) is 0 Å². The van der Waals surface area contributed by atoms with E-state index in [0.717, 1.165) is 5.56 Å². The molecule has 0 bridgehead atoms. The molecule has 3 nitrogen and oxygen atoms in total. The summed E-state index contributed by atoms with van der Waals surface area (Å²) in [7, 11) is 0. The highest BCUT2D eigenvalue weighted by Gasteiger charge is 2.14. The maximum atomic E-state index is 12.4. The van der Waals surface area contributed by atoms with Crippen LogP contribution in [0.1, 0.15) is 46.8 Å². The van der Waals surface area contributed by atoms with Crippen molar-refractivity contribution in [2.75, 3.05) is 0 Å². The number of carbonyl (C=O) groups excluding carboxylic acids is 1. The van der Waals surface area contributed by atoms with Gasteiger partial charge in [0.1, 0.15) is 11.5 Å². The van der Waals surface area contributed by atoms with Gasteiger partial charge in [0.2, 0.25) is 0 Å². The molecule has 0 aliphatic heterocycles. The highest BCUT2D eigenvalue weighted by Crippen LogP contribution is 2.27. The Morgan fingerprint density at radius 2 is 1.50 bits per heavy atom. The summed E-state index contributed by atoms with van der Waals surface area (Å²) < 4.78 is 0. The molecule has 0 unspecified atom stereocenters. The number of aromatic hydroxyl groups is 2. The van der Waals surface area contributed by atoms with Crippen LogP contribution < -0.4 is 0 Å². The minimum atomic E-state index is -0.116. The normalized spacial score (nSPS) is 10.8. The lowest BCUT2D eigenvalue weighted by Gasteiger charge is -2.10. The SMILES string of the molecule is Cc1cc(C(=O)c2ccc(O)c(C(C)C)c2)ccc1O. The third-order valence-electron chi connectivity index (χ3n) is 3.37. The smallest absolute Gasteiger partial charge is 0.193 e. The molecule has 2 aromatic rings. The van der Waals surface area contributed by atoms with Crippen LogP contribution in [0.5, 0.6) is 11.5 Å². The summed E-state index contributed by atoms with van der Waals surface area (Å²) in [5.41, 5.74) is 2.49. The monoisotopic (exact) mass is 270 g/mol. The van der Waals surface area contributed by atoms with Crippen molar-refractivity contribution in [2.24, 2.45) is 0 Å². The zero-order valence-corrected chi connectivity index (χ0v) is 11.8. The molecule has 3 heteroatoms. The molecule has 0 aromatic heterocycles. The number of benzene rings is 2. The molecule has 0 spiro atoms. The van der Waals surface area contributed by atoms with E-state index in [0.29, 0.717) is 16.7 Å². The Labute approximate surface area is 118 Å². The summed E-state index contributed by atoms with van der Waals surface area (Å²) in [5, 5.41) is 19.3. The quantitative estimate of drug-likeness (QED) is 0.835. The van der Waals surface area contributed by atoms with E-state index in [9.17, 15) is 15.0 Å². The van der Waals surface area contributed by atoms with Crippen LogP contribution in [-0.4, -0.2) is 16.0 Å². The van der Waals surface area contributed by atoms with Gasteiger partial charge in [0.05, 0.1) is 0 Å². The van der Waals surface area contributed by atoms with Gasteiger partial charge in [0.15, 0.2) is 5.78 Å². The summed E-state index contributed by atoms with van der Waals surface area (Å²) in [6, 6.07) is 9.69. The minimum absolute atomic E-state index is 0.116. The van der Waals surface area contributed by atoms with E-state index < -0.39 is 0 Å². The second kappa shape index (κ2) is 5.37. The Morgan fingerprint density at radius 1 is 0.950 bits per heavy atom. The molecule has 0 saturated heterocycles.